The number of benzene rings is 2. The average Bonchev–Trinajstić information content (AvgIpc) is 2.95. The van der Waals surface area contributed by atoms with E-state index in [4.69, 9.17) is 10.00 Å². The summed E-state index contributed by atoms with van der Waals surface area (Å²) in [6.07, 6.45) is 1.51. The van der Waals surface area contributed by atoms with Crippen molar-refractivity contribution in [3.05, 3.63) is 63.5 Å². The minimum atomic E-state index is -0.561. The van der Waals surface area contributed by atoms with Crippen molar-refractivity contribution in [2.45, 2.75) is 0 Å². The summed E-state index contributed by atoms with van der Waals surface area (Å²) in [6.45, 7) is -0.531. The number of para-hydroxylation sites is 1. The number of imide groups is 1. The summed E-state index contributed by atoms with van der Waals surface area (Å²) in [7, 11) is 0. The Morgan fingerprint density at radius 3 is 2.72 bits per heavy atom. The van der Waals surface area contributed by atoms with Gasteiger partial charge in [-0.1, -0.05) is 34.1 Å². The number of rotatable bonds is 6. The van der Waals surface area contributed by atoms with E-state index in [2.05, 4.69) is 21.2 Å². The van der Waals surface area contributed by atoms with Gasteiger partial charge in [0, 0.05) is 15.7 Å². The van der Waals surface area contributed by atoms with Crippen LogP contribution in [0.25, 0.3) is 6.08 Å². The molecule has 2 aromatic rings. The molecule has 3 amide bonds. The Morgan fingerprint density at radius 2 is 2.00 bits per heavy atom. The maximum Gasteiger partial charge on any atom is 0.294 e. The SMILES string of the molecule is N#CCOc1ccc(Br)cc1/C=C1\SC(=O)N(CC(=O)Nc2ccccc2)C1=O. The first-order valence-electron chi connectivity index (χ1n) is 8.37. The van der Waals surface area contributed by atoms with Crippen LogP contribution >= 0.6 is 27.7 Å². The lowest BCUT2D eigenvalue weighted by Gasteiger charge is -2.12. The van der Waals surface area contributed by atoms with Crippen molar-refractivity contribution in [2.75, 3.05) is 18.5 Å². The maximum absolute atomic E-state index is 12.6. The maximum atomic E-state index is 12.6. The molecule has 0 aliphatic carbocycles. The molecule has 0 aromatic heterocycles. The fourth-order valence-corrected chi connectivity index (χ4v) is 3.72. The van der Waals surface area contributed by atoms with Crippen LogP contribution in [0.5, 0.6) is 5.75 Å². The number of hydrogen-bond donors (Lipinski definition) is 1. The molecule has 1 saturated heterocycles. The Morgan fingerprint density at radius 1 is 1.24 bits per heavy atom. The van der Waals surface area contributed by atoms with Gasteiger partial charge in [-0.25, -0.2) is 0 Å². The Labute approximate surface area is 179 Å². The first-order chi connectivity index (χ1) is 14.0. The van der Waals surface area contributed by atoms with Crippen LogP contribution < -0.4 is 10.1 Å². The number of nitriles is 1. The summed E-state index contributed by atoms with van der Waals surface area (Å²) in [5.41, 5.74) is 1.11. The molecule has 3 rings (SSSR count). The fourth-order valence-electron chi connectivity index (χ4n) is 2.52. The van der Waals surface area contributed by atoms with E-state index >= 15 is 0 Å². The largest absolute Gasteiger partial charge is 0.478 e. The van der Waals surface area contributed by atoms with Crippen LogP contribution in [0, 0.1) is 11.3 Å². The first-order valence-corrected chi connectivity index (χ1v) is 9.98. The zero-order valence-electron chi connectivity index (χ0n) is 14.9. The molecule has 7 nitrogen and oxygen atoms in total. The van der Waals surface area contributed by atoms with Gasteiger partial charge >= 0.3 is 0 Å². The number of hydrogen-bond acceptors (Lipinski definition) is 6. The summed E-state index contributed by atoms with van der Waals surface area (Å²) in [4.78, 5) is 38.2. The number of anilines is 1. The van der Waals surface area contributed by atoms with E-state index in [0.717, 1.165) is 21.1 Å². The molecule has 0 spiro atoms. The van der Waals surface area contributed by atoms with Crippen LogP contribution in [0.2, 0.25) is 0 Å². The highest BCUT2D eigenvalue weighted by Crippen LogP contribution is 2.34. The average molecular weight is 472 g/mol. The summed E-state index contributed by atoms with van der Waals surface area (Å²) < 4.78 is 6.11. The van der Waals surface area contributed by atoms with E-state index in [1.54, 1.807) is 42.5 Å². The Bertz CT molecular complexity index is 1030. The molecule has 0 atom stereocenters. The second-order valence-electron chi connectivity index (χ2n) is 5.81. The van der Waals surface area contributed by atoms with Gasteiger partial charge in [0.1, 0.15) is 18.4 Å². The van der Waals surface area contributed by atoms with Gasteiger partial charge in [0.25, 0.3) is 11.1 Å². The molecular weight excluding hydrogens is 458 g/mol. The zero-order valence-corrected chi connectivity index (χ0v) is 17.3. The molecule has 9 heteroatoms. The van der Waals surface area contributed by atoms with Crippen LogP contribution in [-0.2, 0) is 9.59 Å². The summed E-state index contributed by atoms with van der Waals surface area (Å²) >= 11 is 4.09. The highest BCUT2D eigenvalue weighted by atomic mass is 79.9. The second-order valence-corrected chi connectivity index (χ2v) is 7.72. The predicted molar refractivity (Wildman–Crippen MR) is 113 cm³/mol. The molecule has 2 aromatic carbocycles. The van der Waals surface area contributed by atoms with Crippen molar-refractivity contribution in [3.8, 4) is 11.8 Å². The predicted octanol–water partition coefficient (Wildman–Crippen LogP) is 4.03. The highest BCUT2D eigenvalue weighted by Gasteiger charge is 2.36. The van der Waals surface area contributed by atoms with E-state index in [-0.39, 0.29) is 18.1 Å². The molecular formula is C20H14BrN3O4S. The third kappa shape index (κ3) is 5.25. The third-order valence-corrected chi connectivity index (χ3v) is 5.18. The first kappa shape index (κ1) is 20.6. The van der Waals surface area contributed by atoms with Crippen LogP contribution in [0.1, 0.15) is 5.56 Å². The molecule has 29 heavy (non-hydrogen) atoms. The Hall–Kier alpha value is -3.09. The van der Waals surface area contributed by atoms with Gasteiger partial charge in [-0.15, -0.1) is 0 Å². The number of ether oxygens (including phenoxy) is 1. The number of nitrogens with one attached hydrogen (secondary N) is 1. The standard InChI is InChI=1S/C20H14BrN3O4S/c21-14-6-7-16(28-9-8-22)13(10-14)11-17-19(26)24(20(27)29-17)12-18(25)23-15-4-2-1-3-5-15/h1-7,10-11H,9,12H2,(H,23,25)/b17-11-. The van der Waals surface area contributed by atoms with Crippen molar-refractivity contribution < 1.29 is 19.1 Å². The fraction of sp³-hybridized carbons (Fsp3) is 0.100. The highest BCUT2D eigenvalue weighted by molar-refractivity contribution is 9.10. The topological polar surface area (TPSA) is 99.5 Å². The third-order valence-electron chi connectivity index (χ3n) is 3.78. The lowest BCUT2D eigenvalue weighted by atomic mass is 10.2. The van der Waals surface area contributed by atoms with Crippen LogP contribution in [0.4, 0.5) is 10.5 Å². The minimum Gasteiger partial charge on any atom is -0.478 e. The zero-order chi connectivity index (χ0) is 20.8. The lowest BCUT2D eigenvalue weighted by Crippen LogP contribution is -2.36. The van der Waals surface area contributed by atoms with Crippen molar-refractivity contribution >= 4 is 56.5 Å². The molecule has 1 N–H and O–H groups in total. The van der Waals surface area contributed by atoms with Gasteiger partial charge in [-0.05, 0) is 48.2 Å². The van der Waals surface area contributed by atoms with E-state index in [1.165, 1.54) is 6.08 Å². The monoisotopic (exact) mass is 471 g/mol. The second kappa shape index (κ2) is 9.41. The normalized spacial score (nSPS) is 14.8. The number of amides is 3. The Balaban J connectivity index is 1.76. The molecule has 0 radical (unpaired) electrons. The molecule has 1 heterocycles. The van der Waals surface area contributed by atoms with Crippen molar-refractivity contribution in [2.24, 2.45) is 0 Å². The van der Waals surface area contributed by atoms with Gasteiger partial charge in [-0.2, -0.15) is 5.26 Å². The molecule has 0 saturated carbocycles. The summed E-state index contributed by atoms with van der Waals surface area (Å²) in [5, 5.41) is 10.8. The summed E-state index contributed by atoms with van der Waals surface area (Å²) in [6, 6.07) is 15.8. The molecule has 1 aliphatic heterocycles. The molecule has 1 aliphatic rings. The number of halogens is 1. The smallest absolute Gasteiger partial charge is 0.294 e. The van der Waals surface area contributed by atoms with Gasteiger partial charge in [0.2, 0.25) is 5.91 Å². The molecule has 0 unspecified atom stereocenters. The van der Waals surface area contributed by atoms with Gasteiger partial charge in [0.05, 0.1) is 4.91 Å². The van der Waals surface area contributed by atoms with Gasteiger partial charge in [0.15, 0.2) is 6.61 Å². The summed E-state index contributed by atoms with van der Waals surface area (Å²) in [5.74, 6) is -0.627. The van der Waals surface area contributed by atoms with Crippen molar-refractivity contribution in [1.29, 1.82) is 5.26 Å². The molecule has 1 fully saturated rings. The quantitative estimate of drug-likeness (QED) is 0.638. The minimum absolute atomic E-state index is 0.149. The van der Waals surface area contributed by atoms with E-state index < -0.39 is 17.1 Å². The van der Waals surface area contributed by atoms with E-state index in [1.807, 2.05) is 12.1 Å². The number of thioether (sulfide) groups is 1. The van der Waals surface area contributed by atoms with Gasteiger partial charge in [-0.3, -0.25) is 19.3 Å². The number of carbonyl (C=O) groups excluding carboxylic acids is 3. The van der Waals surface area contributed by atoms with Crippen LogP contribution in [0.15, 0.2) is 57.9 Å². The number of carbonyl (C=O) groups is 3. The van der Waals surface area contributed by atoms with Crippen molar-refractivity contribution in [1.82, 2.24) is 4.90 Å². The van der Waals surface area contributed by atoms with Crippen LogP contribution in [0.3, 0.4) is 0 Å². The van der Waals surface area contributed by atoms with E-state index in [9.17, 15) is 14.4 Å². The van der Waals surface area contributed by atoms with Crippen molar-refractivity contribution in [3.63, 3.8) is 0 Å². The Kier molecular flexibility index (Phi) is 6.69. The van der Waals surface area contributed by atoms with Gasteiger partial charge < -0.3 is 10.1 Å². The lowest BCUT2D eigenvalue weighted by molar-refractivity contribution is -0.127. The number of nitrogens with zero attached hydrogens (tertiary/aromatic N) is 2. The molecule has 0 bridgehead atoms. The van der Waals surface area contributed by atoms with E-state index in [0.29, 0.717) is 17.0 Å². The van der Waals surface area contributed by atoms with Crippen LogP contribution in [-0.4, -0.2) is 35.1 Å². The molecule has 146 valence electrons.